The van der Waals surface area contributed by atoms with Crippen molar-refractivity contribution in [2.45, 2.75) is 32.9 Å². The highest BCUT2D eigenvalue weighted by molar-refractivity contribution is 14.0. The van der Waals surface area contributed by atoms with E-state index in [-0.39, 0.29) is 29.8 Å². The first-order chi connectivity index (χ1) is 13.7. The molecule has 0 saturated heterocycles. The van der Waals surface area contributed by atoms with Gasteiger partial charge < -0.3 is 15.2 Å². The van der Waals surface area contributed by atoms with Crippen LogP contribution in [0.3, 0.4) is 0 Å². The van der Waals surface area contributed by atoms with Crippen LogP contribution >= 0.6 is 24.0 Å². The van der Waals surface area contributed by atoms with Crippen molar-refractivity contribution >= 4 is 29.9 Å². The van der Waals surface area contributed by atoms with E-state index in [4.69, 9.17) is 4.52 Å². The molecule has 0 atom stereocenters. The van der Waals surface area contributed by atoms with Crippen molar-refractivity contribution in [1.82, 2.24) is 20.8 Å². The summed E-state index contributed by atoms with van der Waals surface area (Å²) < 4.78 is 19.1. The lowest BCUT2D eigenvalue weighted by Crippen LogP contribution is -2.36. The molecule has 6 nitrogen and oxygen atoms in total. The van der Waals surface area contributed by atoms with Crippen LogP contribution in [0.25, 0.3) is 11.5 Å². The van der Waals surface area contributed by atoms with Gasteiger partial charge in [0.05, 0.1) is 0 Å². The number of guanidine groups is 1. The van der Waals surface area contributed by atoms with Crippen LogP contribution in [-0.4, -0.2) is 23.1 Å². The van der Waals surface area contributed by atoms with E-state index in [9.17, 15) is 4.39 Å². The molecule has 0 saturated carbocycles. The van der Waals surface area contributed by atoms with Crippen molar-refractivity contribution < 1.29 is 8.91 Å². The average molecular weight is 509 g/mol. The van der Waals surface area contributed by atoms with E-state index in [1.165, 1.54) is 6.07 Å². The Balaban J connectivity index is 0.00000300. The summed E-state index contributed by atoms with van der Waals surface area (Å²) in [6.07, 6.45) is 1.77. The third kappa shape index (κ3) is 6.52. The number of nitrogens with one attached hydrogen (secondary N) is 2. The Bertz CT molecular complexity index is 944. The van der Waals surface area contributed by atoms with Crippen molar-refractivity contribution in [2.75, 3.05) is 7.05 Å². The number of benzene rings is 2. The van der Waals surface area contributed by atoms with Gasteiger partial charge in [-0.2, -0.15) is 4.98 Å². The molecule has 2 aromatic carbocycles. The van der Waals surface area contributed by atoms with Crippen LogP contribution in [0.15, 0.2) is 58.0 Å². The summed E-state index contributed by atoms with van der Waals surface area (Å²) in [7, 11) is 1.68. The van der Waals surface area contributed by atoms with Gasteiger partial charge in [0.25, 0.3) is 5.89 Å². The van der Waals surface area contributed by atoms with Crippen LogP contribution < -0.4 is 10.6 Å². The summed E-state index contributed by atoms with van der Waals surface area (Å²) in [5.41, 5.74) is 2.51. The van der Waals surface area contributed by atoms with E-state index in [2.05, 4.69) is 32.7 Å². The highest BCUT2D eigenvalue weighted by Gasteiger charge is 2.09. The first-order valence-electron chi connectivity index (χ1n) is 9.29. The molecule has 0 aliphatic rings. The lowest BCUT2D eigenvalue weighted by atomic mass is 10.1. The lowest BCUT2D eigenvalue weighted by molar-refractivity contribution is 0.422. The number of rotatable bonds is 7. The maximum atomic E-state index is 13.7. The summed E-state index contributed by atoms with van der Waals surface area (Å²) >= 11 is 0. The molecule has 1 heterocycles. The zero-order valence-electron chi connectivity index (χ0n) is 16.5. The van der Waals surface area contributed by atoms with E-state index in [1.807, 2.05) is 30.3 Å². The number of hydrogen-bond acceptors (Lipinski definition) is 4. The first kappa shape index (κ1) is 22.8. The third-order valence-corrected chi connectivity index (χ3v) is 4.20. The summed E-state index contributed by atoms with van der Waals surface area (Å²) in [5, 5.41) is 10.3. The fourth-order valence-corrected chi connectivity index (χ4v) is 2.74. The highest BCUT2D eigenvalue weighted by Crippen LogP contribution is 2.19. The van der Waals surface area contributed by atoms with Gasteiger partial charge in [-0.25, -0.2) is 4.39 Å². The Morgan fingerprint density at radius 3 is 2.66 bits per heavy atom. The van der Waals surface area contributed by atoms with Gasteiger partial charge in [0.15, 0.2) is 11.8 Å². The van der Waals surface area contributed by atoms with Crippen molar-refractivity contribution in [3.63, 3.8) is 0 Å². The molecule has 2 N–H and O–H groups in total. The van der Waals surface area contributed by atoms with Gasteiger partial charge in [0.1, 0.15) is 5.82 Å². The zero-order chi connectivity index (χ0) is 19.8. The van der Waals surface area contributed by atoms with E-state index in [1.54, 1.807) is 19.2 Å². The minimum atomic E-state index is -0.236. The second-order valence-electron chi connectivity index (χ2n) is 6.34. The van der Waals surface area contributed by atoms with Gasteiger partial charge >= 0.3 is 0 Å². The fourth-order valence-electron chi connectivity index (χ4n) is 2.74. The van der Waals surface area contributed by atoms with Crippen molar-refractivity contribution in [1.29, 1.82) is 0 Å². The monoisotopic (exact) mass is 509 g/mol. The highest BCUT2D eigenvalue weighted by atomic mass is 127. The number of aryl methyl sites for hydroxylation is 1. The molecule has 8 heteroatoms. The van der Waals surface area contributed by atoms with Crippen LogP contribution in [0.4, 0.5) is 4.39 Å². The van der Waals surface area contributed by atoms with Crippen LogP contribution in [-0.2, 0) is 19.5 Å². The minimum absolute atomic E-state index is 0. The largest absolute Gasteiger partial charge is 0.352 e. The molecule has 0 aliphatic carbocycles. The molecule has 0 spiro atoms. The molecule has 29 heavy (non-hydrogen) atoms. The second kappa shape index (κ2) is 11.5. The molecule has 0 fully saturated rings. The summed E-state index contributed by atoms with van der Waals surface area (Å²) in [5.74, 6) is 1.60. The number of hydrogen-bond donors (Lipinski definition) is 2. The Kier molecular flexibility index (Phi) is 9.04. The van der Waals surface area contributed by atoms with E-state index in [0.717, 1.165) is 29.8 Å². The normalized spacial score (nSPS) is 11.1. The summed E-state index contributed by atoms with van der Waals surface area (Å²) in [4.78, 5) is 8.61. The molecule has 0 bridgehead atoms. The number of nitrogens with zero attached hydrogens (tertiary/aromatic N) is 3. The van der Waals surface area contributed by atoms with Gasteiger partial charge in [0.2, 0.25) is 0 Å². The molecule has 1 aromatic heterocycles. The van der Waals surface area contributed by atoms with Gasteiger partial charge in [-0.05, 0) is 30.2 Å². The smallest absolute Gasteiger partial charge is 0.257 e. The Morgan fingerprint density at radius 2 is 1.90 bits per heavy atom. The van der Waals surface area contributed by atoms with Crippen molar-refractivity contribution in [2.24, 2.45) is 4.99 Å². The number of halogens is 2. The lowest BCUT2D eigenvalue weighted by Gasteiger charge is -2.12. The van der Waals surface area contributed by atoms with Crippen LogP contribution in [0.1, 0.15) is 30.3 Å². The molecule has 0 unspecified atom stereocenters. The summed E-state index contributed by atoms with van der Waals surface area (Å²) in [6.45, 7) is 2.99. The quantitative estimate of drug-likeness (QED) is 0.282. The average Bonchev–Trinajstić information content (AvgIpc) is 3.18. The molecule has 0 radical (unpaired) electrons. The maximum absolute atomic E-state index is 13.7. The Labute approximate surface area is 187 Å². The molecule has 3 rings (SSSR count). The SMILES string of the molecule is CCCc1noc(-c2cccc(CNC(=NC)NCc3ccccc3F)c2)n1.I. The van der Waals surface area contributed by atoms with Gasteiger partial charge in [-0.3, -0.25) is 4.99 Å². The molecule has 154 valence electrons. The third-order valence-electron chi connectivity index (χ3n) is 4.20. The van der Waals surface area contributed by atoms with Crippen LogP contribution in [0.5, 0.6) is 0 Å². The van der Waals surface area contributed by atoms with E-state index >= 15 is 0 Å². The standard InChI is InChI=1S/C21H24FN5O.HI/c1-3-7-19-26-20(28-27-19)16-10-6-8-15(12-16)13-24-21(23-2)25-14-17-9-4-5-11-18(17)22;/h4-6,8-12H,3,7,13-14H2,1-2H3,(H2,23,24,25);1H. The van der Waals surface area contributed by atoms with Gasteiger partial charge in [-0.1, -0.05) is 42.4 Å². The van der Waals surface area contributed by atoms with Crippen LogP contribution in [0.2, 0.25) is 0 Å². The predicted octanol–water partition coefficient (Wildman–Crippen LogP) is 4.31. The molecular formula is C21H25FIN5O. The Morgan fingerprint density at radius 1 is 1.10 bits per heavy atom. The van der Waals surface area contributed by atoms with Crippen molar-refractivity contribution in [3.05, 3.63) is 71.3 Å². The number of aromatic nitrogens is 2. The maximum Gasteiger partial charge on any atom is 0.257 e. The molecular weight excluding hydrogens is 484 g/mol. The van der Waals surface area contributed by atoms with E-state index in [0.29, 0.717) is 30.5 Å². The molecule has 0 aliphatic heterocycles. The predicted molar refractivity (Wildman–Crippen MR) is 123 cm³/mol. The second-order valence-corrected chi connectivity index (χ2v) is 6.34. The van der Waals surface area contributed by atoms with Gasteiger partial charge in [0, 0.05) is 37.7 Å². The Hall–Kier alpha value is -2.49. The molecule has 3 aromatic rings. The van der Waals surface area contributed by atoms with Gasteiger partial charge in [-0.15, -0.1) is 24.0 Å². The first-order valence-corrected chi connectivity index (χ1v) is 9.29. The van der Waals surface area contributed by atoms with Crippen molar-refractivity contribution in [3.8, 4) is 11.5 Å². The molecule has 0 amide bonds. The summed E-state index contributed by atoms with van der Waals surface area (Å²) in [6, 6.07) is 14.6. The van der Waals surface area contributed by atoms with Crippen LogP contribution in [0, 0.1) is 5.82 Å². The number of aliphatic imine (C=N–C) groups is 1. The van der Waals surface area contributed by atoms with E-state index < -0.39 is 0 Å². The zero-order valence-corrected chi connectivity index (χ0v) is 18.8. The minimum Gasteiger partial charge on any atom is -0.352 e. The fraction of sp³-hybridized carbons (Fsp3) is 0.286. The topological polar surface area (TPSA) is 75.3 Å².